The minimum atomic E-state index is -2.59. The fourth-order valence-corrected chi connectivity index (χ4v) is 5.81. The van der Waals surface area contributed by atoms with Crippen LogP contribution in [0.25, 0.3) is 22.2 Å². The highest BCUT2D eigenvalue weighted by atomic mass is 35.5. The number of anilines is 2. The summed E-state index contributed by atoms with van der Waals surface area (Å²) in [6.07, 6.45) is 2.88. The Bertz CT molecular complexity index is 2180. The lowest BCUT2D eigenvalue weighted by Gasteiger charge is -2.12. The maximum absolute atomic E-state index is 15.3. The fourth-order valence-electron chi connectivity index (χ4n) is 4.45. The van der Waals surface area contributed by atoms with E-state index < -0.39 is 16.1 Å². The van der Waals surface area contributed by atoms with Gasteiger partial charge in [0.05, 0.1) is 22.7 Å². The van der Waals surface area contributed by atoms with Crippen LogP contribution in [0, 0.1) is 11.6 Å². The Morgan fingerprint density at radius 1 is 0.957 bits per heavy atom. The molecule has 232 valence electrons. The Balaban J connectivity index is 1.18. The van der Waals surface area contributed by atoms with Gasteiger partial charge in [-0.3, -0.25) is 4.98 Å². The first-order chi connectivity index (χ1) is 22.3. The van der Waals surface area contributed by atoms with Gasteiger partial charge in [0.25, 0.3) is 0 Å². The molecule has 0 aliphatic carbocycles. The SMILES string of the molecule is O=S(=O)=C(Cc1ccccn1)OCc1nc(-c2cc3c(Nc4ccc(OCc5cccc(F)c5)c(Cl)c4)ncnc3cc2F)cs1. The molecule has 0 atom stereocenters. The molecule has 0 aliphatic heterocycles. The summed E-state index contributed by atoms with van der Waals surface area (Å²) in [5, 5.41) is 5.99. The van der Waals surface area contributed by atoms with Crippen LogP contribution >= 0.6 is 22.9 Å². The van der Waals surface area contributed by atoms with Crippen molar-refractivity contribution in [2.45, 2.75) is 19.6 Å². The minimum absolute atomic E-state index is 0.000137. The summed E-state index contributed by atoms with van der Waals surface area (Å²) in [6.45, 7) is 0.0248. The Hall–Kier alpha value is -4.82. The summed E-state index contributed by atoms with van der Waals surface area (Å²) in [5.74, 6) is -0.0721. The molecule has 3 heterocycles. The van der Waals surface area contributed by atoms with E-state index in [4.69, 9.17) is 21.1 Å². The number of nitrogens with one attached hydrogen (secondary N) is 1. The molecule has 0 saturated carbocycles. The zero-order valence-corrected chi connectivity index (χ0v) is 26.0. The number of benzene rings is 3. The lowest BCUT2D eigenvalue weighted by Crippen LogP contribution is -2.10. The monoisotopic (exact) mass is 677 g/mol. The Morgan fingerprint density at radius 3 is 2.63 bits per heavy atom. The number of rotatable bonds is 10. The number of hydrogen-bond acceptors (Lipinski definition) is 10. The summed E-state index contributed by atoms with van der Waals surface area (Å²) >= 11 is 7.67. The molecule has 1 N–H and O–H groups in total. The van der Waals surface area contributed by atoms with Crippen molar-refractivity contribution in [1.29, 1.82) is 0 Å². The number of thiazole rings is 1. The molecular formula is C32H22ClF2N5O4S2. The number of aromatic nitrogens is 4. The molecule has 6 aromatic rings. The van der Waals surface area contributed by atoms with E-state index in [0.29, 0.717) is 55.1 Å². The van der Waals surface area contributed by atoms with Gasteiger partial charge in [0.2, 0.25) is 10.3 Å². The molecule has 46 heavy (non-hydrogen) atoms. The van der Waals surface area contributed by atoms with Crippen LogP contribution in [-0.2, 0) is 34.7 Å². The van der Waals surface area contributed by atoms with Gasteiger partial charge in [0, 0.05) is 40.0 Å². The second kappa shape index (κ2) is 14.1. The first-order valence-electron chi connectivity index (χ1n) is 13.6. The zero-order valence-electron chi connectivity index (χ0n) is 23.7. The van der Waals surface area contributed by atoms with Crippen molar-refractivity contribution < 1.29 is 26.7 Å². The highest BCUT2D eigenvalue weighted by Crippen LogP contribution is 2.34. The van der Waals surface area contributed by atoms with Crippen molar-refractivity contribution in [1.82, 2.24) is 19.9 Å². The van der Waals surface area contributed by atoms with E-state index in [9.17, 15) is 12.8 Å². The number of hydrogen-bond donors (Lipinski definition) is 1. The average Bonchev–Trinajstić information content (AvgIpc) is 3.51. The smallest absolute Gasteiger partial charge is 0.241 e. The Labute approximate surface area is 272 Å². The van der Waals surface area contributed by atoms with Gasteiger partial charge in [-0.2, -0.15) is 8.42 Å². The Kier molecular flexibility index (Phi) is 9.54. The van der Waals surface area contributed by atoms with Crippen LogP contribution in [0.1, 0.15) is 16.3 Å². The second-order valence-corrected chi connectivity index (χ2v) is 12.1. The normalized spacial score (nSPS) is 11.0. The number of pyridine rings is 1. The molecule has 3 aromatic carbocycles. The molecule has 0 bridgehead atoms. The van der Waals surface area contributed by atoms with Gasteiger partial charge < -0.3 is 14.8 Å². The summed E-state index contributed by atoms with van der Waals surface area (Å²) in [5.41, 5.74) is 2.71. The molecule has 0 spiro atoms. The van der Waals surface area contributed by atoms with Crippen molar-refractivity contribution >= 4 is 60.7 Å². The van der Waals surface area contributed by atoms with Crippen LogP contribution in [-0.4, -0.2) is 33.4 Å². The van der Waals surface area contributed by atoms with Gasteiger partial charge in [-0.25, -0.2) is 23.7 Å². The molecular weight excluding hydrogens is 656 g/mol. The van der Waals surface area contributed by atoms with E-state index in [1.54, 1.807) is 66.2 Å². The predicted molar refractivity (Wildman–Crippen MR) is 173 cm³/mol. The fraction of sp³-hybridized carbons (Fsp3) is 0.0938. The lowest BCUT2D eigenvalue weighted by molar-refractivity contribution is 0.292. The number of fused-ring (bicyclic) bond motifs is 1. The molecule has 9 nitrogen and oxygen atoms in total. The summed E-state index contributed by atoms with van der Waals surface area (Å²) in [7, 11) is -2.59. The number of ether oxygens (including phenoxy) is 2. The van der Waals surface area contributed by atoms with Crippen LogP contribution in [0.2, 0.25) is 5.02 Å². The molecule has 0 radical (unpaired) electrons. The first kappa shape index (κ1) is 31.2. The number of halogens is 3. The Morgan fingerprint density at radius 2 is 1.85 bits per heavy atom. The molecule has 3 aromatic heterocycles. The van der Waals surface area contributed by atoms with Crippen molar-refractivity contribution in [3.63, 3.8) is 0 Å². The zero-order chi connectivity index (χ0) is 32.0. The molecule has 14 heteroatoms. The van der Waals surface area contributed by atoms with E-state index in [2.05, 4.69) is 25.3 Å². The van der Waals surface area contributed by atoms with E-state index >= 15 is 4.39 Å². The van der Waals surface area contributed by atoms with Gasteiger partial charge in [-0.15, -0.1) is 11.3 Å². The van der Waals surface area contributed by atoms with Crippen LogP contribution in [0.15, 0.2) is 90.7 Å². The van der Waals surface area contributed by atoms with E-state index in [1.165, 1.54) is 35.9 Å². The van der Waals surface area contributed by atoms with Crippen molar-refractivity contribution in [3.05, 3.63) is 124 Å². The molecule has 0 fully saturated rings. The first-order valence-corrected chi connectivity index (χ1v) is 16.0. The maximum Gasteiger partial charge on any atom is 0.241 e. The van der Waals surface area contributed by atoms with Gasteiger partial charge in [0.1, 0.15) is 47.8 Å². The van der Waals surface area contributed by atoms with Crippen molar-refractivity contribution in [3.8, 4) is 17.0 Å². The largest absolute Gasteiger partial charge is 0.487 e. The molecule has 6 rings (SSSR count). The quantitative estimate of drug-likeness (QED) is 0.151. The van der Waals surface area contributed by atoms with Crippen LogP contribution in [0.3, 0.4) is 0 Å². The predicted octanol–water partition coefficient (Wildman–Crippen LogP) is 7.17. The summed E-state index contributed by atoms with van der Waals surface area (Å²) in [6, 6.07) is 19.2. The van der Waals surface area contributed by atoms with Crippen LogP contribution in [0.5, 0.6) is 5.75 Å². The van der Waals surface area contributed by atoms with E-state index in [0.717, 1.165) is 0 Å². The summed E-state index contributed by atoms with van der Waals surface area (Å²) < 4.78 is 63.5. The highest BCUT2D eigenvalue weighted by molar-refractivity contribution is 7.72. The van der Waals surface area contributed by atoms with Gasteiger partial charge >= 0.3 is 0 Å². The lowest BCUT2D eigenvalue weighted by atomic mass is 10.1. The van der Waals surface area contributed by atoms with Crippen LogP contribution in [0.4, 0.5) is 20.3 Å². The van der Waals surface area contributed by atoms with E-state index in [1.807, 2.05) is 0 Å². The second-order valence-electron chi connectivity index (χ2n) is 9.78. The average molecular weight is 678 g/mol. The third-order valence-electron chi connectivity index (χ3n) is 6.62. The van der Waals surface area contributed by atoms with Crippen molar-refractivity contribution in [2.24, 2.45) is 0 Å². The molecule has 0 saturated heterocycles. The van der Waals surface area contributed by atoms with Gasteiger partial charge in [0.15, 0.2) is 5.05 Å². The van der Waals surface area contributed by atoms with Crippen molar-refractivity contribution in [2.75, 3.05) is 5.32 Å². The maximum atomic E-state index is 15.3. The number of nitrogens with zero attached hydrogens (tertiary/aromatic N) is 4. The van der Waals surface area contributed by atoms with Gasteiger partial charge in [-0.1, -0.05) is 29.8 Å². The third kappa shape index (κ3) is 7.51. The molecule has 0 unspecified atom stereocenters. The topological polar surface area (TPSA) is 116 Å². The standard InChI is InChI=1S/C32H22ClF2N5O4S2/c33-25-11-22(7-8-29(25)43-15-19-4-3-5-20(34)10-19)39-32-24-13-23(26(35)14-27(24)37-18-38-32)28-17-45-30(40-28)16-44-31(46(41)42)12-21-6-1-2-9-36-21/h1-11,13-14,17-18H,12,15-16H2,(H,37,38,39). The highest BCUT2D eigenvalue weighted by Gasteiger charge is 2.16. The molecule has 0 amide bonds. The van der Waals surface area contributed by atoms with Crippen LogP contribution < -0.4 is 10.1 Å². The minimum Gasteiger partial charge on any atom is -0.487 e. The molecule has 0 aliphatic rings. The third-order valence-corrected chi connectivity index (χ3v) is 8.38. The van der Waals surface area contributed by atoms with Gasteiger partial charge in [-0.05, 0) is 54.1 Å². The van der Waals surface area contributed by atoms with E-state index in [-0.39, 0.29) is 36.1 Å². The summed E-state index contributed by atoms with van der Waals surface area (Å²) in [4.78, 5) is 17.2.